The average molecular weight is 509 g/mol. The lowest BCUT2D eigenvalue weighted by molar-refractivity contribution is 0.0593. The molecule has 0 aliphatic carbocycles. The van der Waals surface area contributed by atoms with Crippen LogP contribution < -0.4 is 10.6 Å². The molecule has 9 heteroatoms. The Morgan fingerprint density at radius 3 is 2.44 bits per heavy atom. The molecule has 0 radical (unpaired) electrons. The first-order valence-electron chi connectivity index (χ1n) is 11.7. The Kier molecular flexibility index (Phi) is 6.10. The van der Waals surface area contributed by atoms with Crippen LogP contribution in [0.4, 0.5) is 10.2 Å². The van der Waals surface area contributed by atoms with E-state index in [-0.39, 0.29) is 22.0 Å². The number of aromatic hydroxyl groups is 1. The maximum absolute atomic E-state index is 14.8. The average Bonchev–Trinajstić information content (AvgIpc) is 3.43. The Hall–Kier alpha value is -3.62. The molecule has 1 atom stereocenters. The zero-order valence-corrected chi connectivity index (χ0v) is 20.7. The summed E-state index contributed by atoms with van der Waals surface area (Å²) >= 11 is 6.49. The molecule has 1 aliphatic rings. The minimum absolute atomic E-state index is 0.0965. The Balaban J connectivity index is 1.53. The van der Waals surface area contributed by atoms with Gasteiger partial charge in [0.1, 0.15) is 17.4 Å². The van der Waals surface area contributed by atoms with E-state index < -0.39 is 11.4 Å². The summed E-state index contributed by atoms with van der Waals surface area (Å²) in [6.45, 7) is 3.09. The van der Waals surface area contributed by atoms with Crippen molar-refractivity contribution in [2.45, 2.75) is 25.4 Å². The van der Waals surface area contributed by atoms with E-state index >= 15 is 0 Å². The number of rotatable bonds is 5. The highest BCUT2D eigenvalue weighted by Gasteiger charge is 2.35. The zero-order valence-electron chi connectivity index (χ0n) is 19.9. The van der Waals surface area contributed by atoms with Crippen LogP contribution in [-0.4, -0.2) is 43.0 Å². The molecule has 1 saturated heterocycles. The number of halogens is 2. The third-order valence-electron chi connectivity index (χ3n) is 6.91. The molecular formula is C27H26ClFN4O3. The molecule has 4 aromatic rings. The smallest absolute Gasteiger partial charge is 0.332 e. The number of aromatic nitrogens is 3. The van der Waals surface area contributed by atoms with Gasteiger partial charge in [-0.25, -0.2) is 14.2 Å². The van der Waals surface area contributed by atoms with Gasteiger partial charge in [0, 0.05) is 49.9 Å². The van der Waals surface area contributed by atoms with Crippen LogP contribution in [0.25, 0.3) is 27.9 Å². The molecule has 2 N–H and O–H groups in total. The van der Waals surface area contributed by atoms with Crippen LogP contribution in [0.3, 0.4) is 0 Å². The number of imidazole rings is 1. The van der Waals surface area contributed by atoms with Gasteiger partial charge in [0.15, 0.2) is 0 Å². The van der Waals surface area contributed by atoms with E-state index in [2.05, 4.69) is 4.98 Å². The van der Waals surface area contributed by atoms with Gasteiger partial charge < -0.3 is 19.7 Å². The monoisotopic (exact) mass is 508 g/mol. The third kappa shape index (κ3) is 4.27. The molecule has 0 bridgehead atoms. The number of benzene rings is 2. The van der Waals surface area contributed by atoms with Crippen LogP contribution in [0.1, 0.15) is 19.8 Å². The van der Waals surface area contributed by atoms with Crippen molar-refractivity contribution in [3.8, 4) is 33.7 Å². The van der Waals surface area contributed by atoms with Crippen molar-refractivity contribution >= 4 is 17.4 Å². The quantitative estimate of drug-likeness (QED) is 0.406. The fourth-order valence-electron chi connectivity index (χ4n) is 4.66. The molecule has 7 nitrogen and oxygen atoms in total. The van der Waals surface area contributed by atoms with Crippen LogP contribution in [0, 0.1) is 5.82 Å². The summed E-state index contributed by atoms with van der Waals surface area (Å²) in [6, 6.07) is 11.0. The topological polar surface area (TPSA) is 83.5 Å². The second-order valence-corrected chi connectivity index (χ2v) is 9.64. The number of hydrogen-bond donors (Lipinski definition) is 2. The summed E-state index contributed by atoms with van der Waals surface area (Å²) in [4.78, 5) is 18.7. The molecule has 2 aromatic carbocycles. The molecule has 186 valence electrons. The van der Waals surface area contributed by atoms with E-state index in [1.165, 1.54) is 21.3 Å². The number of phenols is 1. The van der Waals surface area contributed by atoms with Gasteiger partial charge in [-0.3, -0.25) is 4.57 Å². The third-order valence-corrected chi connectivity index (χ3v) is 7.21. The molecule has 0 amide bonds. The molecule has 1 aliphatic heterocycles. The van der Waals surface area contributed by atoms with Gasteiger partial charge in [0.25, 0.3) is 0 Å². The predicted molar refractivity (Wildman–Crippen MR) is 138 cm³/mol. The first-order valence-corrected chi connectivity index (χ1v) is 12.1. The fourth-order valence-corrected chi connectivity index (χ4v) is 4.93. The molecule has 0 unspecified atom stereocenters. The zero-order chi connectivity index (χ0) is 25.6. The van der Waals surface area contributed by atoms with E-state index in [0.29, 0.717) is 54.1 Å². The molecule has 0 spiro atoms. The van der Waals surface area contributed by atoms with E-state index in [1.54, 1.807) is 56.0 Å². The lowest BCUT2D eigenvalue weighted by Gasteiger charge is -2.22. The summed E-state index contributed by atoms with van der Waals surface area (Å²) in [5.74, 6) is 0.0423. The molecule has 5 rings (SSSR count). The summed E-state index contributed by atoms with van der Waals surface area (Å²) < 4.78 is 17.6. The fraction of sp³-hybridized carbons (Fsp3) is 0.259. The van der Waals surface area contributed by atoms with Crippen LogP contribution in [0.5, 0.6) is 5.75 Å². The van der Waals surface area contributed by atoms with Crippen LogP contribution in [0.2, 0.25) is 5.02 Å². The van der Waals surface area contributed by atoms with Gasteiger partial charge in [-0.05, 0) is 60.4 Å². The molecule has 2 aromatic heterocycles. The van der Waals surface area contributed by atoms with E-state index in [1.807, 2.05) is 11.8 Å². The highest BCUT2D eigenvalue weighted by atomic mass is 35.5. The summed E-state index contributed by atoms with van der Waals surface area (Å²) in [5.41, 5.74) is 1.19. The molecule has 1 fully saturated rings. The number of aliphatic hydroxyl groups is 1. The normalized spacial score (nSPS) is 17.6. The molecule has 3 heterocycles. The van der Waals surface area contributed by atoms with Crippen molar-refractivity contribution in [2.75, 3.05) is 18.0 Å². The summed E-state index contributed by atoms with van der Waals surface area (Å²) in [5, 5.41) is 22.1. The number of anilines is 1. The van der Waals surface area contributed by atoms with Gasteiger partial charge in [0.2, 0.25) is 0 Å². The summed E-state index contributed by atoms with van der Waals surface area (Å²) in [6.07, 6.45) is 6.16. The number of phenolic OH excluding ortho intramolecular Hbond substituents is 1. The van der Waals surface area contributed by atoms with Gasteiger partial charge in [-0.1, -0.05) is 24.6 Å². The number of nitrogens with zero attached hydrogens (tertiary/aromatic N) is 4. The lowest BCUT2D eigenvalue weighted by atomic mass is 9.97. The predicted octanol–water partition coefficient (Wildman–Crippen LogP) is 4.75. The lowest BCUT2D eigenvalue weighted by Crippen LogP contribution is -2.32. The van der Waals surface area contributed by atoms with Crippen molar-refractivity contribution < 1.29 is 14.6 Å². The Bertz CT molecular complexity index is 1520. The van der Waals surface area contributed by atoms with Crippen molar-refractivity contribution in [3.05, 3.63) is 82.4 Å². The SMILES string of the molecule is CC[C@@]1(O)CCN(c2cc(-c3cc(F)cc(-c4ccc(-n5ccn(C)c5=O)c(Cl)c4)c3O)ccn2)C1. The minimum atomic E-state index is -0.748. The Labute approximate surface area is 212 Å². The highest BCUT2D eigenvalue weighted by molar-refractivity contribution is 6.32. The largest absolute Gasteiger partial charge is 0.507 e. The van der Waals surface area contributed by atoms with E-state index in [0.717, 1.165) is 0 Å². The number of β-amino-alcohol motifs (C(OH)–C–C–N with tert-alkyl or cyclic N) is 1. The van der Waals surface area contributed by atoms with Gasteiger partial charge >= 0.3 is 5.69 Å². The van der Waals surface area contributed by atoms with Crippen molar-refractivity contribution in [1.82, 2.24) is 14.1 Å². The molecule has 0 saturated carbocycles. The maximum atomic E-state index is 14.8. The van der Waals surface area contributed by atoms with Gasteiger partial charge in [-0.2, -0.15) is 0 Å². The van der Waals surface area contributed by atoms with Crippen LogP contribution in [0.15, 0.2) is 65.8 Å². The Morgan fingerprint density at radius 2 is 1.83 bits per heavy atom. The second kappa shape index (κ2) is 9.11. The number of aryl methyl sites for hydroxylation is 1. The summed E-state index contributed by atoms with van der Waals surface area (Å²) in [7, 11) is 1.64. The van der Waals surface area contributed by atoms with Crippen molar-refractivity contribution in [2.24, 2.45) is 7.05 Å². The van der Waals surface area contributed by atoms with Crippen molar-refractivity contribution in [1.29, 1.82) is 0 Å². The first kappa shape index (κ1) is 24.1. The molecule has 36 heavy (non-hydrogen) atoms. The molecular weight excluding hydrogens is 483 g/mol. The minimum Gasteiger partial charge on any atom is -0.507 e. The maximum Gasteiger partial charge on any atom is 0.332 e. The standard InChI is InChI=1S/C27H26ClFN4O3/c1-3-27(36)7-9-32(16-27)24-13-18(6-8-30-24)21-15-19(29)14-20(25(21)34)17-4-5-23(22(28)12-17)33-11-10-31(2)26(33)35/h4-6,8,10-15,34,36H,3,7,9,16H2,1-2H3/t27-/m1/s1. The Morgan fingerprint density at radius 1 is 1.11 bits per heavy atom. The highest BCUT2D eigenvalue weighted by Crippen LogP contribution is 2.41. The number of hydrogen-bond acceptors (Lipinski definition) is 5. The first-order chi connectivity index (χ1) is 17.2. The van der Waals surface area contributed by atoms with Crippen molar-refractivity contribution in [3.63, 3.8) is 0 Å². The van der Waals surface area contributed by atoms with Crippen LogP contribution >= 0.6 is 11.6 Å². The van der Waals surface area contributed by atoms with Gasteiger partial charge in [-0.15, -0.1) is 0 Å². The van der Waals surface area contributed by atoms with Gasteiger partial charge in [0.05, 0.1) is 16.3 Å². The van der Waals surface area contributed by atoms with E-state index in [4.69, 9.17) is 11.6 Å². The van der Waals surface area contributed by atoms with Crippen LogP contribution in [-0.2, 0) is 7.05 Å². The van der Waals surface area contributed by atoms with E-state index in [9.17, 15) is 19.4 Å². The second-order valence-electron chi connectivity index (χ2n) is 9.23. The number of pyridine rings is 1.